The van der Waals surface area contributed by atoms with Crippen LogP contribution in [0.2, 0.25) is 0 Å². The molecule has 0 spiro atoms. The first-order valence-corrected chi connectivity index (χ1v) is 10.2. The van der Waals surface area contributed by atoms with Gasteiger partial charge in [0.05, 0.1) is 5.75 Å². The Bertz CT molecular complexity index is 515. The molecule has 0 aliphatic rings. The Morgan fingerprint density at radius 1 is 1.04 bits per heavy atom. The van der Waals surface area contributed by atoms with Gasteiger partial charge in [0.15, 0.2) is 5.96 Å². The summed E-state index contributed by atoms with van der Waals surface area (Å²) in [6.45, 7) is 11.4. The third-order valence-electron chi connectivity index (χ3n) is 2.74. The molecule has 0 aliphatic heterocycles. The lowest BCUT2D eigenvalue weighted by Crippen LogP contribution is -2.41. The molecule has 4 N–H and O–H groups in total. The molecule has 148 valence electrons. The highest BCUT2D eigenvalue weighted by molar-refractivity contribution is 7.89. The van der Waals surface area contributed by atoms with Crippen LogP contribution in [0, 0.1) is 0 Å². The molecule has 0 radical (unpaired) electrons. The summed E-state index contributed by atoms with van der Waals surface area (Å²) in [7, 11) is -3.18. The molecule has 0 atom stereocenters. The van der Waals surface area contributed by atoms with Gasteiger partial charge in [-0.25, -0.2) is 17.9 Å². The van der Waals surface area contributed by atoms with Crippen LogP contribution >= 0.6 is 0 Å². The van der Waals surface area contributed by atoms with E-state index in [2.05, 4.69) is 25.7 Å². The predicted octanol–water partition coefficient (Wildman–Crippen LogP) is 0.396. The van der Waals surface area contributed by atoms with E-state index in [1.165, 1.54) is 0 Å². The van der Waals surface area contributed by atoms with Crippen LogP contribution in [0.4, 0.5) is 4.79 Å². The van der Waals surface area contributed by atoms with Crippen molar-refractivity contribution in [2.75, 3.05) is 38.5 Å². The molecule has 0 aromatic rings. The molecule has 0 rings (SSSR count). The first-order chi connectivity index (χ1) is 11.6. The first-order valence-electron chi connectivity index (χ1n) is 8.56. The van der Waals surface area contributed by atoms with Crippen molar-refractivity contribution < 1.29 is 17.9 Å². The molecule has 25 heavy (non-hydrogen) atoms. The lowest BCUT2D eigenvalue weighted by Gasteiger charge is -2.19. The summed E-state index contributed by atoms with van der Waals surface area (Å²) in [6, 6.07) is 0. The molecule has 1 amide bonds. The van der Waals surface area contributed by atoms with Gasteiger partial charge in [-0.05, 0) is 41.0 Å². The molecule has 0 aliphatic carbocycles. The summed E-state index contributed by atoms with van der Waals surface area (Å²) >= 11 is 0. The number of guanidine groups is 1. The van der Waals surface area contributed by atoms with Gasteiger partial charge in [0.25, 0.3) is 0 Å². The molecule has 10 heteroatoms. The first kappa shape index (κ1) is 23.4. The van der Waals surface area contributed by atoms with Gasteiger partial charge in [0.1, 0.15) is 5.60 Å². The summed E-state index contributed by atoms with van der Waals surface area (Å²) in [5, 5.41) is 8.79. The molecule has 0 saturated carbocycles. The van der Waals surface area contributed by atoms with E-state index in [4.69, 9.17) is 4.74 Å². The van der Waals surface area contributed by atoms with Crippen LogP contribution in [0.15, 0.2) is 4.99 Å². The normalized spacial score (nSPS) is 12.6. The van der Waals surface area contributed by atoms with Gasteiger partial charge in [0, 0.05) is 32.7 Å². The molecule has 9 nitrogen and oxygen atoms in total. The molecular weight excluding hydrogens is 346 g/mol. The number of nitrogens with one attached hydrogen (secondary N) is 4. The van der Waals surface area contributed by atoms with Crippen molar-refractivity contribution in [1.29, 1.82) is 0 Å². The van der Waals surface area contributed by atoms with Crippen LogP contribution < -0.4 is 20.7 Å². The lowest BCUT2D eigenvalue weighted by molar-refractivity contribution is 0.0527. The number of carbonyl (C=O) groups excluding carboxylic acids is 1. The van der Waals surface area contributed by atoms with E-state index in [1.807, 2.05) is 27.7 Å². The van der Waals surface area contributed by atoms with E-state index in [0.29, 0.717) is 45.1 Å². The highest BCUT2D eigenvalue weighted by Gasteiger charge is 2.15. The van der Waals surface area contributed by atoms with Gasteiger partial charge >= 0.3 is 6.09 Å². The van der Waals surface area contributed by atoms with Crippen molar-refractivity contribution in [3.63, 3.8) is 0 Å². The van der Waals surface area contributed by atoms with E-state index in [0.717, 1.165) is 0 Å². The molecule has 0 saturated heterocycles. The summed E-state index contributed by atoms with van der Waals surface area (Å²) in [5.74, 6) is 0.668. The molecule has 0 heterocycles. The topological polar surface area (TPSA) is 121 Å². The standard InChI is InChI=1S/C15H33N5O4S/c1-6-16-13(18-11-12-20-25(22,23)7-2)17-9-8-10-19-14(21)24-15(3,4)5/h20H,6-12H2,1-5H3,(H,19,21)(H2,16,17,18). The highest BCUT2D eigenvalue weighted by Crippen LogP contribution is 2.06. The minimum atomic E-state index is -3.18. The van der Waals surface area contributed by atoms with E-state index in [-0.39, 0.29) is 5.75 Å². The highest BCUT2D eigenvalue weighted by atomic mass is 32.2. The number of aliphatic imine (C=N–C) groups is 1. The van der Waals surface area contributed by atoms with Crippen molar-refractivity contribution in [2.24, 2.45) is 4.99 Å². The van der Waals surface area contributed by atoms with Crippen LogP contribution in [0.3, 0.4) is 0 Å². The van der Waals surface area contributed by atoms with Crippen molar-refractivity contribution in [1.82, 2.24) is 20.7 Å². The van der Waals surface area contributed by atoms with Gasteiger partial charge < -0.3 is 20.7 Å². The third kappa shape index (κ3) is 14.5. The maximum Gasteiger partial charge on any atom is 0.407 e. The zero-order chi connectivity index (χ0) is 19.3. The minimum absolute atomic E-state index is 0.0613. The van der Waals surface area contributed by atoms with E-state index in [9.17, 15) is 13.2 Å². The molecule has 0 aromatic heterocycles. The number of alkyl carbamates (subject to hydrolysis) is 1. The maximum absolute atomic E-state index is 11.5. The number of carbonyl (C=O) groups is 1. The smallest absolute Gasteiger partial charge is 0.407 e. The Labute approximate surface area is 151 Å². The molecular formula is C15H33N5O4S. The Kier molecular flexibility index (Phi) is 11.2. The number of hydrogen-bond acceptors (Lipinski definition) is 5. The van der Waals surface area contributed by atoms with Gasteiger partial charge in [-0.15, -0.1) is 0 Å². The number of hydrogen-bond donors (Lipinski definition) is 4. The molecule has 0 fully saturated rings. The van der Waals surface area contributed by atoms with Crippen LogP contribution in [0.25, 0.3) is 0 Å². The Balaban J connectivity index is 4.05. The van der Waals surface area contributed by atoms with Crippen LogP contribution in [0.5, 0.6) is 0 Å². The summed E-state index contributed by atoms with van der Waals surface area (Å²) < 4.78 is 30.3. The Morgan fingerprint density at radius 2 is 1.72 bits per heavy atom. The molecule has 0 unspecified atom stereocenters. The number of nitrogens with zero attached hydrogens (tertiary/aromatic N) is 1. The second kappa shape index (κ2) is 11.9. The largest absolute Gasteiger partial charge is 0.444 e. The van der Waals surface area contributed by atoms with Crippen molar-refractivity contribution in [3.8, 4) is 0 Å². The third-order valence-corrected chi connectivity index (χ3v) is 4.14. The Morgan fingerprint density at radius 3 is 2.28 bits per heavy atom. The number of sulfonamides is 1. The van der Waals surface area contributed by atoms with E-state index < -0.39 is 21.7 Å². The fraction of sp³-hybridized carbons (Fsp3) is 0.867. The summed E-state index contributed by atoms with van der Waals surface area (Å²) in [5.41, 5.74) is -0.510. The van der Waals surface area contributed by atoms with Gasteiger partial charge in [-0.3, -0.25) is 4.99 Å². The fourth-order valence-corrected chi connectivity index (χ4v) is 2.22. The van der Waals surface area contributed by atoms with Crippen molar-refractivity contribution in [2.45, 2.75) is 46.6 Å². The van der Waals surface area contributed by atoms with Crippen LogP contribution in [0.1, 0.15) is 41.0 Å². The minimum Gasteiger partial charge on any atom is -0.444 e. The second-order valence-electron chi connectivity index (χ2n) is 6.27. The lowest BCUT2D eigenvalue weighted by atomic mass is 10.2. The predicted molar refractivity (Wildman–Crippen MR) is 100 cm³/mol. The molecule has 0 bridgehead atoms. The SMILES string of the molecule is CCNC(=NCCCNC(=O)OC(C)(C)C)NCCNS(=O)(=O)CC. The van der Waals surface area contributed by atoms with E-state index >= 15 is 0 Å². The quantitative estimate of drug-likeness (QED) is 0.248. The average molecular weight is 380 g/mol. The zero-order valence-corrected chi connectivity index (χ0v) is 16.8. The van der Waals surface area contributed by atoms with Crippen molar-refractivity contribution >= 4 is 22.1 Å². The molecule has 0 aromatic carbocycles. The monoisotopic (exact) mass is 379 g/mol. The van der Waals surface area contributed by atoms with Gasteiger partial charge in [-0.1, -0.05) is 0 Å². The van der Waals surface area contributed by atoms with Crippen molar-refractivity contribution in [3.05, 3.63) is 0 Å². The van der Waals surface area contributed by atoms with Gasteiger partial charge in [0.2, 0.25) is 10.0 Å². The van der Waals surface area contributed by atoms with Gasteiger partial charge in [-0.2, -0.15) is 0 Å². The second-order valence-corrected chi connectivity index (χ2v) is 8.36. The number of amides is 1. The Hall–Kier alpha value is -1.55. The van der Waals surface area contributed by atoms with E-state index in [1.54, 1.807) is 6.92 Å². The fourth-order valence-electron chi connectivity index (χ4n) is 1.61. The van der Waals surface area contributed by atoms with Crippen LogP contribution in [-0.4, -0.2) is 64.5 Å². The number of ether oxygens (including phenoxy) is 1. The summed E-state index contributed by atoms with van der Waals surface area (Å²) in [6.07, 6.45) is 0.225. The van der Waals surface area contributed by atoms with Crippen LogP contribution in [-0.2, 0) is 14.8 Å². The zero-order valence-electron chi connectivity index (χ0n) is 15.9. The maximum atomic E-state index is 11.5. The summed E-state index contributed by atoms with van der Waals surface area (Å²) in [4.78, 5) is 15.9. The number of rotatable bonds is 10. The average Bonchev–Trinajstić information content (AvgIpc) is 2.49.